The Balaban J connectivity index is 2.19. The molecule has 0 saturated heterocycles. The molecule has 2 heterocycles. The van der Waals surface area contributed by atoms with Crippen molar-refractivity contribution in [3.8, 4) is 22.6 Å². The number of hydrogen-bond acceptors (Lipinski definition) is 4. The van der Waals surface area contributed by atoms with E-state index in [0.29, 0.717) is 19.0 Å². The van der Waals surface area contributed by atoms with Crippen molar-refractivity contribution < 1.29 is 9.47 Å². The number of anilines is 1. The van der Waals surface area contributed by atoms with Gasteiger partial charge < -0.3 is 15.2 Å². The van der Waals surface area contributed by atoms with Gasteiger partial charge in [-0.3, -0.25) is 4.68 Å². The van der Waals surface area contributed by atoms with Crippen LogP contribution in [-0.4, -0.2) is 23.0 Å². The average Bonchev–Trinajstić information content (AvgIpc) is 2.64. The topological polar surface area (TPSA) is 62.3 Å². The van der Waals surface area contributed by atoms with Crippen LogP contribution in [0.25, 0.3) is 11.1 Å². The van der Waals surface area contributed by atoms with Crippen LogP contribution in [0.3, 0.4) is 0 Å². The standard InChI is InChI=1S/C13H14BrN3O2/c1-17-13(15)9(7-16-17)8-3-4-10(14)12-11(8)18-5-2-6-19-12/h3-4,7H,2,5-6,15H2,1H3. The Morgan fingerprint density at radius 3 is 2.63 bits per heavy atom. The van der Waals surface area contributed by atoms with Crippen molar-refractivity contribution in [1.82, 2.24) is 9.78 Å². The van der Waals surface area contributed by atoms with Crippen molar-refractivity contribution in [2.45, 2.75) is 6.42 Å². The number of fused-ring (bicyclic) bond motifs is 1. The summed E-state index contributed by atoms with van der Waals surface area (Å²) >= 11 is 3.49. The molecule has 0 radical (unpaired) electrons. The van der Waals surface area contributed by atoms with Gasteiger partial charge in [-0.05, 0) is 28.1 Å². The first-order valence-corrected chi connectivity index (χ1v) is 6.83. The first kappa shape index (κ1) is 12.3. The molecular formula is C13H14BrN3O2. The second kappa shape index (κ2) is 4.77. The largest absolute Gasteiger partial charge is 0.489 e. The van der Waals surface area contributed by atoms with Crippen LogP contribution < -0.4 is 15.2 Å². The van der Waals surface area contributed by atoms with Crippen LogP contribution >= 0.6 is 15.9 Å². The van der Waals surface area contributed by atoms with Gasteiger partial charge in [-0.2, -0.15) is 5.10 Å². The predicted octanol–water partition coefficient (Wildman–Crippen LogP) is 2.59. The summed E-state index contributed by atoms with van der Waals surface area (Å²) in [5.74, 6) is 2.07. The summed E-state index contributed by atoms with van der Waals surface area (Å²) in [6.45, 7) is 1.29. The Morgan fingerprint density at radius 1 is 1.21 bits per heavy atom. The van der Waals surface area contributed by atoms with Crippen molar-refractivity contribution in [3.05, 3.63) is 22.8 Å². The zero-order valence-corrected chi connectivity index (χ0v) is 12.1. The third-order valence-electron chi connectivity index (χ3n) is 3.12. The number of hydrogen-bond donors (Lipinski definition) is 1. The summed E-state index contributed by atoms with van der Waals surface area (Å²) < 4.78 is 14.1. The molecule has 2 aromatic rings. The van der Waals surface area contributed by atoms with Crippen molar-refractivity contribution in [2.75, 3.05) is 18.9 Å². The zero-order valence-electron chi connectivity index (χ0n) is 10.5. The third-order valence-corrected chi connectivity index (χ3v) is 3.74. The Hall–Kier alpha value is -1.69. The van der Waals surface area contributed by atoms with E-state index < -0.39 is 0 Å². The molecule has 5 nitrogen and oxygen atoms in total. The van der Waals surface area contributed by atoms with Crippen LogP contribution in [0.2, 0.25) is 0 Å². The highest BCUT2D eigenvalue weighted by molar-refractivity contribution is 9.10. The Bertz CT molecular complexity index is 625. The third kappa shape index (κ3) is 2.06. The number of nitrogens with two attached hydrogens (primary N) is 1. The monoisotopic (exact) mass is 323 g/mol. The molecule has 1 aliphatic rings. The molecule has 0 unspecified atom stereocenters. The van der Waals surface area contributed by atoms with Gasteiger partial charge in [0, 0.05) is 24.6 Å². The van der Waals surface area contributed by atoms with E-state index in [1.807, 2.05) is 19.2 Å². The zero-order chi connectivity index (χ0) is 13.4. The normalized spacial score (nSPS) is 14.2. The highest BCUT2D eigenvalue weighted by atomic mass is 79.9. The maximum atomic E-state index is 6.04. The minimum atomic E-state index is 0.609. The molecule has 100 valence electrons. The minimum absolute atomic E-state index is 0.609. The lowest BCUT2D eigenvalue weighted by Crippen LogP contribution is -2.00. The highest BCUT2D eigenvalue weighted by Crippen LogP contribution is 2.45. The number of aryl methyl sites for hydroxylation is 1. The lowest BCUT2D eigenvalue weighted by Gasteiger charge is -2.13. The van der Waals surface area contributed by atoms with E-state index in [-0.39, 0.29) is 0 Å². The van der Waals surface area contributed by atoms with Gasteiger partial charge in [0.25, 0.3) is 0 Å². The number of benzene rings is 1. The maximum Gasteiger partial charge on any atom is 0.175 e. The second-order valence-electron chi connectivity index (χ2n) is 4.37. The Labute approximate surface area is 119 Å². The number of aromatic nitrogens is 2. The fraction of sp³-hybridized carbons (Fsp3) is 0.308. The molecule has 0 atom stereocenters. The molecule has 19 heavy (non-hydrogen) atoms. The van der Waals surface area contributed by atoms with E-state index in [4.69, 9.17) is 15.2 Å². The van der Waals surface area contributed by atoms with Crippen LogP contribution in [0, 0.1) is 0 Å². The molecule has 1 aromatic carbocycles. The molecule has 0 fully saturated rings. The van der Waals surface area contributed by atoms with Gasteiger partial charge >= 0.3 is 0 Å². The summed E-state index contributed by atoms with van der Waals surface area (Å²) in [6, 6.07) is 3.90. The number of halogens is 1. The van der Waals surface area contributed by atoms with E-state index in [9.17, 15) is 0 Å². The second-order valence-corrected chi connectivity index (χ2v) is 5.23. The van der Waals surface area contributed by atoms with E-state index in [1.54, 1.807) is 10.9 Å². The van der Waals surface area contributed by atoms with Crippen molar-refractivity contribution >= 4 is 21.7 Å². The fourth-order valence-electron chi connectivity index (χ4n) is 2.09. The van der Waals surface area contributed by atoms with Gasteiger partial charge in [0.1, 0.15) is 5.82 Å². The molecule has 6 heteroatoms. The molecule has 1 aromatic heterocycles. The van der Waals surface area contributed by atoms with Crippen LogP contribution in [-0.2, 0) is 7.05 Å². The molecule has 0 saturated carbocycles. The summed E-state index contributed by atoms with van der Waals surface area (Å²) in [7, 11) is 1.81. The summed E-state index contributed by atoms with van der Waals surface area (Å²) in [5.41, 5.74) is 7.80. The number of ether oxygens (including phenoxy) is 2. The fourth-order valence-corrected chi connectivity index (χ4v) is 2.52. The first-order chi connectivity index (χ1) is 9.18. The van der Waals surface area contributed by atoms with Gasteiger partial charge in [0.05, 0.1) is 23.9 Å². The van der Waals surface area contributed by atoms with E-state index in [0.717, 1.165) is 33.5 Å². The van der Waals surface area contributed by atoms with Crippen LogP contribution in [0.4, 0.5) is 5.82 Å². The lowest BCUT2D eigenvalue weighted by atomic mass is 10.1. The lowest BCUT2D eigenvalue weighted by molar-refractivity contribution is 0.296. The Kier molecular flexibility index (Phi) is 3.10. The molecule has 2 N–H and O–H groups in total. The smallest absolute Gasteiger partial charge is 0.175 e. The molecule has 0 amide bonds. The molecule has 1 aliphatic heterocycles. The van der Waals surface area contributed by atoms with Crippen molar-refractivity contribution in [2.24, 2.45) is 7.05 Å². The van der Waals surface area contributed by atoms with Crippen LogP contribution in [0.1, 0.15) is 6.42 Å². The van der Waals surface area contributed by atoms with Crippen molar-refractivity contribution in [3.63, 3.8) is 0 Å². The molecule has 3 rings (SSSR count). The maximum absolute atomic E-state index is 6.04. The van der Waals surface area contributed by atoms with E-state index in [1.165, 1.54) is 0 Å². The number of nitrogens with zero attached hydrogens (tertiary/aromatic N) is 2. The average molecular weight is 324 g/mol. The van der Waals surface area contributed by atoms with Gasteiger partial charge in [0.15, 0.2) is 11.5 Å². The van der Waals surface area contributed by atoms with Gasteiger partial charge in [-0.1, -0.05) is 0 Å². The number of rotatable bonds is 1. The van der Waals surface area contributed by atoms with Gasteiger partial charge in [0.2, 0.25) is 0 Å². The van der Waals surface area contributed by atoms with E-state index in [2.05, 4.69) is 21.0 Å². The van der Waals surface area contributed by atoms with Gasteiger partial charge in [-0.15, -0.1) is 0 Å². The highest BCUT2D eigenvalue weighted by Gasteiger charge is 2.21. The van der Waals surface area contributed by atoms with E-state index >= 15 is 0 Å². The Morgan fingerprint density at radius 2 is 1.95 bits per heavy atom. The molecule has 0 spiro atoms. The van der Waals surface area contributed by atoms with Crippen molar-refractivity contribution in [1.29, 1.82) is 0 Å². The summed E-state index contributed by atoms with van der Waals surface area (Å²) in [5, 5.41) is 4.17. The number of nitrogen functional groups attached to an aromatic ring is 1. The summed E-state index contributed by atoms with van der Waals surface area (Å²) in [4.78, 5) is 0. The molecule has 0 bridgehead atoms. The van der Waals surface area contributed by atoms with Crippen LogP contribution in [0.15, 0.2) is 22.8 Å². The minimum Gasteiger partial charge on any atom is -0.489 e. The molecular weight excluding hydrogens is 310 g/mol. The summed E-state index contributed by atoms with van der Waals surface area (Å²) in [6.07, 6.45) is 2.61. The SMILES string of the molecule is Cn1ncc(-c2ccc(Br)c3c2OCCCO3)c1N. The van der Waals surface area contributed by atoms with Crippen LogP contribution in [0.5, 0.6) is 11.5 Å². The van der Waals surface area contributed by atoms with Gasteiger partial charge in [-0.25, -0.2) is 0 Å². The first-order valence-electron chi connectivity index (χ1n) is 6.04. The predicted molar refractivity (Wildman–Crippen MR) is 76.4 cm³/mol. The quantitative estimate of drug-likeness (QED) is 0.876. The molecule has 0 aliphatic carbocycles.